The third kappa shape index (κ3) is 3.47. The van der Waals surface area contributed by atoms with E-state index in [9.17, 15) is 4.79 Å². The lowest BCUT2D eigenvalue weighted by Gasteiger charge is -2.16. The Balaban J connectivity index is 1.89. The van der Waals surface area contributed by atoms with Crippen LogP contribution in [0.15, 0.2) is 60.0 Å². The molecule has 0 saturated carbocycles. The molecular formula is C19H21N3O. The molecule has 1 aromatic carbocycles. The van der Waals surface area contributed by atoms with Gasteiger partial charge in [-0.1, -0.05) is 44.2 Å². The Morgan fingerprint density at radius 1 is 1.22 bits per heavy atom. The van der Waals surface area contributed by atoms with E-state index in [1.165, 1.54) is 0 Å². The number of hydrogen-bond donors (Lipinski definition) is 0. The number of hydrazone groups is 1. The minimum absolute atomic E-state index is 0.0854. The maximum Gasteiger partial charge on any atom is 0.275 e. The van der Waals surface area contributed by atoms with Crippen LogP contribution in [0.2, 0.25) is 0 Å². The number of carbonyl (C=O) groups excluding carboxylic acids is 1. The van der Waals surface area contributed by atoms with Crippen LogP contribution in [0.25, 0.3) is 0 Å². The predicted octanol–water partition coefficient (Wildman–Crippen LogP) is 3.60. The SMILES string of the molecule is CC(C)CC1CN(C(=O)c2cccnc2)N=C1c1ccccc1. The van der Waals surface area contributed by atoms with Crippen LogP contribution in [0.1, 0.15) is 36.2 Å². The predicted molar refractivity (Wildman–Crippen MR) is 91.2 cm³/mol. The van der Waals surface area contributed by atoms with Crippen LogP contribution < -0.4 is 0 Å². The zero-order chi connectivity index (χ0) is 16.2. The highest BCUT2D eigenvalue weighted by molar-refractivity contribution is 6.05. The van der Waals surface area contributed by atoms with E-state index in [2.05, 4.69) is 36.1 Å². The molecule has 1 aromatic heterocycles. The molecule has 0 fully saturated rings. The highest BCUT2D eigenvalue weighted by atomic mass is 16.2. The number of hydrogen-bond acceptors (Lipinski definition) is 3. The van der Waals surface area contributed by atoms with Crippen molar-refractivity contribution >= 4 is 11.6 Å². The first-order valence-corrected chi connectivity index (χ1v) is 8.01. The summed E-state index contributed by atoms with van der Waals surface area (Å²) in [6.07, 6.45) is 4.28. The lowest BCUT2D eigenvalue weighted by molar-refractivity contribution is 0.0764. The van der Waals surface area contributed by atoms with Crippen LogP contribution in [-0.4, -0.2) is 28.2 Å². The Morgan fingerprint density at radius 3 is 2.65 bits per heavy atom. The quantitative estimate of drug-likeness (QED) is 0.866. The fraction of sp³-hybridized carbons (Fsp3) is 0.316. The summed E-state index contributed by atoms with van der Waals surface area (Å²) in [4.78, 5) is 16.7. The fourth-order valence-corrected chi connectivity index (χ4v) is 2.97. The van der Waals surface area contributed by atoms with Crippen molar-refractivity contribution in [2.75, 3.05) is 6.54 Å². The summed E-state index contributed by atoms with van der Waals surface area (Å²) < 4.78 is 0. The normalized spacial score (nSPS) is 17.4. The van der Waals surface area contributed by atoms with E-state index in [4.69, 9.17) is 0 Å². The Hall–Kier alpha value is -2.49. The molecule has 1 amide bonds. The number of amides is 1. The first-order chi connectivity index (χ1) is 11.1. The van der Waals surface area contributed by atoms with E-state index in [0.29, 0.717) is 18.0 Å². The van der Waals surface area contributed by atoms with Crippen LogP contribution in [0.5, 0.6) is 0 Å². The van der Waals surface area contributed by atoms with Crippen LogP contribution in [-0.2, 0) is 0 Å². The van der Waals surface area contributed by atoms with Gasteiger partial charge in [0.1, 0.15) is 0 Å². The summed E-state index contributed by atoms with van der Waals surface area (Å²) in [7, 11) is 0. The number of benzene rings is 1. The Morgan fingerprint density at radius 2 is 2.00 bits per heavy atom. The summed E-state index contributed by atoms with van der Waals surface area (Å²) in [5.74, 6) is 0.748. The van der Waals surface area contributed by atoms with Gasteiger partial charge in [0, 0.05) is 18.3 Å². The second-order valence-electron chi connectivity index (χ2n) is 6.31. The molecule has 1 atom stereocenters. The van der Waals surface area contributed by atoms with Crippen LogP contribution >= 0.6 is 0 Å². The van der Waals surface area contributed by atoms with Gasteiger partial charge in [-0.3, -0.25) is 9.78 Å². The van der Waals surface area contributed by atoms with E-state index in [1.807, 2.05) is 18.2 Å². The van der Waals surface area contributed by atoms with Crippen LogP contribution in [0, 0.1) is 11.8 Å². The summed E-state index contributed by atoms with van der Waals surface area (Å²) in [5, 5.41) is 6.23. The summed E-state index contributed by atoms with van der Waals surface area (Å²) in [5.41, 5.74) is 2.69. The molecule has 0 aliphatic carbocycles. The fourth-order valence-electron chi connectivity index (χ4n) is 2.97. The first-order valence-electron chi connectivity index (χ1n) is 8.01. The monoisotopic (exact) mass is 307 g/mol. The number of nitrogens with zero attached hydrogens (tertiary/aromatic N) is 3. The van der Waals surface area contributed by atoms with Gasteiger partial charge in [0.2, 0.25) is 0 Å². The van der Waals surface area contributed by atoms with Gasteiger partial charge in [-0.25, -0.2) is 5.01 Å². The number of aromatic nitrogens is 1. The van der Waals surface area contributed by atoms with Crippen molar-refractivity contribution in [2.45, 2.75) is 20.3 Å². The maximum absolute atomic E-state index is 12.6. The van der Waals surface area contributed by atoms with E-state index in [0.717, 1.165) is 17.7 Å². The lowest BCUT2D eigenvalue weighted by Crippen LogP contribution is -2.27. The molecular weight excluding hydrogens is 286 g/mol. The van der Waals surface area contributed by atoms with E-state index in [-0.39, 0.29) is 11.8 Å². The van der Waals surface area contributed by atoms with Gasteiger partial charge in [0.25, 0.3) is 5.91 Å². The standard InChI is InChI=1S/C19H21N3O/c1-14(2)11-17-13-22(19(23)16-9-6-10-20-12-16)21-18(17)15-7-4-3-5-8-15/h3-10,12,14,17H,11,13H2,1-2H3. The topological polar surface area (TPSA) is 45.6 Å². The maximum atomic E-state index is 12.6. The van der Waals surface area contributed by atoms with E-state index >= 15 is 0 Å². The third-order valence-corrected chi connectivity index (χ3v) is 3.98. The molecule has 2 aromatic rings. The molecule has 4 heteroatoms. The van der Waals surface area contributed by atoms with Gasteiger partial charge in [0.15, 0.2) is 0 Å². The van der Waals surface area contributed by atoms with Crippen molar-refractivity contribution in [1.82, 2.24) is 9.99 Å². The minimum Gasteiger partial charge on any atom is -0.267 e. The molecule has 4 nitrogen and oxygen atoms in total. The molecule has 0 radical (unpaired) electrons. The second kappa shape index (κ2) is 6.73. The van der Waals surface area contributed by atoms with Gasteiger partial charge in [0.05, 0.1) is 17.8 Å². The first kappa shape index (κ1) is 15.4. The van der Waals surface area contributed by atoms with Crippen molar-refractivity contribution in [1.29, 1.82) is 0 Å². The molecule has 0 saturated heterocycles. The van der Waals surface area contributed by atoms with Gasteiger partial charge in [-0.2, -0.15) is 5.10 Å². The molecule has 1 aliphatic rings. The average molecular weight is 307 g/mol. The largest absolute Gasteiger partial charge is 0.275 e. The Kier molecular flexibility index (Phi) is 4.51. The zero-order valence-electron chi connectivity index (χ0n) is 13.5. The highest BCUT2D eigenvalue weighted by Crippen LogP contribution is 2.26. The molecule has 3 rings (SSSR count). The van der Waals surface area contributed by atoms with E-state index in [1.54, 1.807) is 29.5 Å². The highest BCUT2D eigenvalue weighted by Gasteiger charge is 2.31. The van der Waals surface area contributed by atoms with Crippen molar-refractivity contribution in [3.8, 4) is 0 Å². The third-order valence-electron chi connectivity index (χ3n) is 3.98. The average Bonchev–Trinajstić information content (AvgIpc) is 2.99. The Labute approximate surface area is 136 Å². The molecule has 0 spiro atoms. The van der Waals surface area contributed by atoms with Crippen molar-refractivity contribution < 1.29 is 4.79 Å². The molecule has 1 unspecified atom stereocenters. The van der Waals surface area contributed by atoms with Gasteiger partial charge < -0.3 is 0 Å². The molecule has 2 heterocycles. The Bertz CT molecular complexity index is 695. The van der Waals surface area contributed by atoms with Gasteiger partial charge in [-0.15, -0.1) is 0 Å². The molecule has 118 valence electrons. The second-order valence-corrected chi connectivity index (χ2v) is 6.31. The molecule has 1 aliphatic heterocycles. The van der Waals surface area contributed by atoms with Crippen molar-refractivity contribution in [3.63, 3.8) is 0 Å². The lowest BCUT2D eigenvalue weighted by atomic mass is 9.90. The minimum atomic E-state index is -0.0854. The smallest absolute Gasteiger partial charge is 0.267 e. The summed E-state index contributed by atoms with van der Waals surface area (Å²) in [6, 6.07) is 13.7. The van der Waals surface area contributed by atoms with Crippen molar-refractivity contribution in [3.05, 3.63) is 66.0 Å². The molecule has 23 heavy (non-hydrogen) atoms. The van der Waals surface area contributed by atoms with E-state index < -0.39 is 0 Å². The number of carbonyl (C=O) groups is 1. The van der Waals surface area contributed by atoms with Gasteiger partial charge >= 0.3 is 0 Å². The van der Waals surface area contributed by atoms with Crippen molar-refractivity contribution in [2.24, 2.45) is 16.9 Å². The van der Waals surface area contributed by atoms with Crippen LogP contribution in [0.3, 0.4) is 0 Å². The summed E-state index contributed by atoms with van der Waals surface area (Å²) in [6.45, 7) is 5.04. The number of pyridine rings is 1. The molecule has 0 N–H and O–H groups in total. The van der Waals surface area contributed by atoms with Crippen LogP contribution in [0.4, 0.5) is 0 Å². The molecule has 0 bridgehead atoms. The number of rotatable bonds is 4. The zero-order valence-corrected chi connectivity index (χ0v) is 13.5. The van der Waals surface area contributed by atoms with Gasteiger partial charge in [-0.05, 0) is 30.0 Å². The summed E-state index contributed by atoms with van der Waals surface area (Å²) >= 11 is 0.